The van der Waals surface area contributed by atoms with E-state index in [1.807, 2.05) is 60.7 Å². The standard InChI is InChI=1S/C27H26ClNO4/c1-19(27(32)29-15-14-20-8-4-2-5-9-20)23-16-22(12-13-25(30)31)26(24(28)17-23)33-18-21-10-6-3-7-11-21/h2-13,16-17,19H,14-15,18H2,1H3,(H,29,32)(H,30,31). The van der Waals surface area contributed by atoms with Gasteiger partial charge in [-0.3, -0.25) is 4.79 Å². The van der Waals surface area contributed by atoms with Crippen LogP contribution in [0.5, 0.6) is 5.75 Å². The molecule has 5 nitrogen and oxygen atoms in total. The molecule has 0 heterocycles. The molecule has 2 N–H and O–H groups in total. The molecule has 0 aliphatic carbocycles. The molecule has 0 saturated heterocycles. The van der Waals surface area contributed by atoms with Gasteiger partial charge in [0.15, 0.2) is 0 Å². The zero-order valence-corrected chi connectivity index (χ0v) is 19.1. The Morgan fingerprint density at radius 2 is 1.67 bits per heavy atom. The van der Waals surface area contributed by atoms with Crippen LogP contribution in [0.1, 0.15) is 35.1 Å². The summed E-state index contributed by atoms with van der Waals surface area (Å²) < 4.78 is 5.92. The van der Waals surface area contributed by atoms with Crippen LogP contribution in [0.4, 0.5) is 0 Å². The predicted molar refractivity (Wildman–Crippen MR) is 130 cm³/mol. The number of hydrogen-bond acceptors (Lipinski definition) is 3. The Kier molecular flexibility index (Phi) is 8.67. The summed E-state index contributed by atoms with van der Waals surface area (Å²) >= 11 is 6.51. The van der Waals surface area contributed by atoms with E-state index in [0.29, 0.717) is 28.4 Å². The molecular formula is C27H26ClNO4. The van der Waals surface area contributed by atoms with Crippen molar-refractivity contribution in [1.82, 2.24) is 5.32 Å². The molecule has 0 saturated carbocycles. The van der Waals surface area contributed by atoms with Gasteiger partial charge in [0.25, 0.3) is 0 Å². The van der Waals surface area contributed by atoms with Crippen LogP contribution in [0, 0.1) is 0 Å². The summed E-state index contributed by atoms with van der Waals surface area (Å²) in [4.78, 5) is 23.8. The van der Waals surface area contributed by atoms with E-state index >= 15 is 0 Å². The van der Waals surface area contributed by atoms with E-state index in [1.54, 1.807) is 19.1 Å². The van der Waals surface area contributed by atoms with Gasteiger partial charge in [0.1, 0.15) is 12.4 Å². The molecule has 6 heteroatoms. The highest BCUT2D eigenvalue weighted by atomic mass is 35.5. The molecule has 1 amide bonds. The summed E-state index contributed by atoms with van der Waals surface area (Å²) in [5.41, 5.74) is 3.28. The summed E-state index contributed by atoms with van der Waals surface area (Å²) in [6.07, 6.45) is 3.19. The molecular weight excluding hydrogens is 438 g/mol. The largest absolute Gasteiger partial charge is 0.487 e. The number of aliphatic carboxylic acids is 1. The van der Waals surface area contributed by atoms with Crippen LogP contribution in [0.2, 0.25) is 5.02 Å². The maximum atomic E-state index is 12.7. The molecule has 1 unspecified atom stereocenters. The van der Waals surface area contributed by atoms with E-state index in [0.717, 1.165) is 23.6 Å². The fourth-order valence-electron chi connectivity index (χ4n) is 3.33. The molecule has 0 bridgehead atoms. The normalized spacial score (nSPS) is 11.8. The van der Waals surface area contributed by atoms with Crippen LogP contribution in [0.25, 0.3) is 6.08 Å². The molecule has 3 rings (SSSR count). The first-order chi connectivity index (χ1) is 15.9. The van der Waals surface area contributed by atoms with Crippen molar-refractivity contribution in [2.45, 2.75) is 25.9 Å². The number of rotatable bonds is 10. The van der Waals surface area contributed by atoms with Gasteiger partial charge >= 0.3 is 5.97 Å². The minimum absolute atomic E-state index is 0.131. The number of carbonyl (C=O) groups is 2. The monoisotopic (exact) mass is 463 g/mol. The lowest BCUT2D eigenvalue weighted by Crippen LogP contribution is -2.29. The van der Waals surface area contributed by atoms with Gasteiger partial charge in [0.2, 0.25) is 5.91 Å². The number of amides is 1. The third-order valence-electron chi connectivity index (χ3n) is 5.18. The van der Waals surface area contributed by atoms with Crippen molar-refractivity contribution in [3.8, 4) is 5.75 Å². The highest BCUT2D eigenvalue weighted by Crippen LogP contribution is 2.34. The second kappa shape index (κ2) is 11.9. The quantitative estimate of drug-likeness (QED) is 0.390. The number of carboxylic acids is 1. The molecule has 1 atom stereocenters. The van der Waals surface area contributed by atoms with Gasteiger partial charge in [0, 0.05) is 18.2 Å². The average molecular weight is 464 g/mol. The molecule has 33 heavy (non-hydrogen) atoms. The second-order valence-electron chi connectivity index (χ2n) is 7.62. The van der Waals surface area contributed by atoms with Crippen LogP contribution < -0.4 is 10.1 Å². The van der Waals surface area contributed by atoms with Crippen molar-refractivity contribution in [3.05, 3.63) is 106 Å². The second-order valence-corrected chi connectivity index (χ2v) is 8.02. The predicted octanol–water partition coefficient (Wildman–Crippen LogP) is 5.48. The van der Waals surface area contributed by atoms with Crippen LogP contribution in [-0.2, 0) is 22.6 Å². The number of benzene rings is 3. The first kappa shape index (κ1) is 24.1. The first-order valence-corrected chi connectivity index (χ1v) is 11.0. The zero-order valence-electron chi connectivity index (χ0n) is 18.3. The van der Waals surface area contributed by atoms with Gasteiger partial charge in [-0.1, -0.05) is 72.3 Å². The van der Waals surface area contributed by atoms with Gasteiger partial charge < -0.3 is 15.2 Å². The Hall–Kier alpha value is -3.57. The number of nitrogens with one attached hydrogen (secondary N) is 1. The number of carbonyl (C=O) groups excluding carboxylic acids is 1. The lowest BCUT2D eigenvalue weighted by molar-refractivity contribution is -0.131. The van der Waals surface area contributed by atoms with Gasteiger partial charge in [-0.2, -0.15) is 0 Å². The topological polar surface area (TPSA) is 75.6 Å². The highest BCUT2D eigenvalue weighted by molar-refractivity contribution is 6.32. The van der Waals surface area contributed by atoms with E-state index in [4.69, 9.17) is 21.4 Å². The minimum atomic E-state index is -1.09. The lowest BCUT2D eigenvalue weighted by atomic mass is 9.97. The SMILES string of the molecule is CC(C(=O)NCCc1ccccc1)c1cc(Cl)c(OCc2ccccc2)c(C=CC(=O)O)c1. The van der Waals surface area contributed by atoms with Crippen LogP contribution in [0.15, 0.2) is 78.9 Å². The van der Waals surface area contributed by atoms with Gasteiger partial charge in [-0.05, 0) is 48.2 Å². The molecule has 0 spiro atoms. The van der Waals surface area contributed by atoms with Crippen LogP contribution >= 0.6 is 11.6 Å². The first-order valence-electron chi connectivity index (χ1n) is 10.7. The van der Waals surface area contributed by atoms with Gasteiger partial charge in [-0.25, -0.2) is 4.79 Å². The zero-order chi connectivity index (χ0) is 23.6. The van der Waals surface area contributed by atoms with E-state index in [-0.39, 0.29) is 12.5 Å². The fraction of sp³-hybridized carbons (Fsp3) is 0.185. The summed E-state index contributed by atoms with van der Waals surface area (Å²) in [6, 6.07) is 23.0. The van der Waals surface area contributed by atoms with E-state index in [1.165, 1.54) is 6.08 Å². The van der Waals surface area contributed by atoms with Crippen molar-refractivity contribution < 1.29 is 19.4 Å². The Morgan fingerprint density at radius 3 is 2.30 bits per heavy atom. The smallest absolute Gasteiger partial charge is 0.328 e. The van der Waals surface area contributed by atoms with Crippen LogP contribution in [0.3, 0.4) is 0 Å². The molecule has 3 aromatic rings. The summed E-state index contributed by atoms with van der Waals surface area (Å²) in [7, 11) is 0. The van der Waals surface area contributed by atoms with Crippen molar-refractivity contribution in [1.29, 1.82) is 0 Å². The number of halogens is 1. The Bertz CT molecular complexity index is 1110. The third kappa shape index (κ3) is 7.22. The number of ether oxygens (including phenoxy) is 1. The van der Waals surface area contributed by atoms with E-state index in [2.05, 4.69) is 5.32 Å². The van der Waals surface area contributed by atoms with Crippen molar-refractivity contribution in [2.75, 3.05) is 6.54 Å². The van der Waals surface area contributed by atoms with Crippen molar-refractivity contribution >= 4 is 29.6 Å². The maximum Gasteiger partial charge on any atom is 0.328 e. The van der Waals surface area contributed by atoms with Crippen molar-refractivity contribution in [2.24, 2.45) is 0 Å². The lowest BCUT2D eigenvalue weighted by Gasteiger charge is -2.17. The Balaban J connectivity index is 1.75. The van der Waals surface area contributed by atoms with Gasteiger partial charge in [-0.15, -0.1) is 0 Å². The molecule has 0 aromatic heterocycles. The Morgan fingerprint density at radius 1 is 1.03 bits per heavy atom. The number of hydrogen-bond donors (Lipinski definition) is 2. The van der Waals surface area contributed by atoms with Gasteiger partial charge in [0.05, 0.1) is 10.9 Å². The van der Waals surface area contributed by atoms with E-state index < -0.39 is 11.9 Å². The molecule has 3 aromatic carbocycles. The number of carboxylic acid groups (broad SMARTS) is 1. The summed E-state index contributed by atoms with van der Waals surface area (Å²) in [6.45, 7) is 2.59. The van der Waals surface area contributed by atoms with E-state index in [9.17, 15) is 9.59 Å². The molecule has 0 radical (unpaired) electrons. The molecule has 0 fully saturated rings. The maximum absolute atomic E-state index is 12.7. The molecule has 170 valence electrons. The minimum Gasteiger partial charge on any atom is -0.487 e. The summed E-state index contributed by atoms with van der Waals surface area (Å²) in [5, 5.41) is 12.3. The fourth-order valence-corrected chi connectivity index (χ4v) is 3.62. The van der Waals surface area contributed by atoms with Crippen molar-refractivity contribution in [3.63, 3.8) is 0 Å². The van der Waals surface area contributed by atoms with Crippen LogP contribution in [-0.4, -0.2) is 23.5 Å². The average Bonchev–Trinajstić information content (AvgIpc) is 2.82. The third-order valence-corrected chi connectivity index (χ3v) is 5.46. The Labute approximate surface area is 198 Å². The molecule has 0 aliphatic rings. The molecule has 0 aliphatic heterocycles. The summed E-state index contributed by atoms with van der Waals surface area (Å²) in [5.74, 6) is -1.32. The highest BCUT2D eigenvalue weighted by Gasteiger charge is 2.19.